The molecular formula is C23H23NO3. The molecule has 0 aliphatic heterocycles. The number of aromatic hydroxyl groups is 2. The molecule has 0 fully saturated rings. The van der Waals surface area contributed by atoms with E-state index in [1.807, 2.05) is 60.7 Å². The smallest absolute Gasteiger partial charge is 0.164 e. The first-order chi connectivity index (χ1) is 13.1. The lowest BCUT2D eigenvalue weighted by Gasteiger charge is -2.19. The highest BCUT2D eigenvalue weighted by Crippen LogP contribution is 2.25. The number of ketones is 1. The molecule has 1 unspecified atom stereocenters. The monoisotopic (exact) mass is 361 g/mol. The summed E-state index contributed by atoms with van der Waals surface area (Å²) in [6.07, 6.45) is 1.05. The number of benzene rings is 3. The van der Waals surface area contributed by atoms with Crippen molar-refractivity contribution in [3.05, 3.63) is 95.6 Å². The van der Waals surface area contributed by atoms with Crippen LogP contribution < -0.4 is 5.32 Å². The predicted octanol–water partition coefficient (Wildman–Crippen LogP) is 4.24. The Bertz CT molecular complexity index is 879. The zero-order valence-corrected chi connectivity index (χ0v) is 15.0. The van der Waals surface area contributed by atoms with Gasteiger partial charge in [0.1, 0.15) is 0 Å². The first-order valence-electron chi connectivity index (χ1n) is 9.01. The van der Waals surface area contributed by atoms with Gasteiger partial charge in [0.25, 0.3) is 0 Å². The van der Waals surface area contributed by atoms with Gasteiger partial charge in [0.15, 0.2) is 17.3 Å². The lowest BCUT2D eigenvalue weighted by atomic mass is 9.97. The maximum Gasteiger partial charge on any atom is 0.164 e. The molecule has 3 aromatic rings. The second kappa shape index (κ2) is 9.01. The van der Waals surface area contributed by atoms with Crippen LogP contribution in [0.4, 0.5) is 0 Å². The molecule has 0 amide bonds. The van der Waals surface area contributed by atoms with Crippen molar-refractivity contribution in [2.75, 3.05) is 6.54 Å². The Labute approximate surface area is 159 Å². The molecule has 0 heterocycles. The van der Waals surface area contributed by atoms with Gasteiger partial charge in [0, 0.05) is 18.0 Å². The van der Waals surface area contributed by atoms with E-state index in [9.17, 15) is 15.0 Å². The number of hydrogen-bond donors (Lipinski definition) is 3. The van der Waals surface area contributed by atoms with Crippen molar-refractivity contribution in [2.45, 2.75) is 18.9 Å². The third kappa shape index (κ3) is 5.19. The van der Waals surface area contributed by atoms with Crippen molar-refractivity contribution in [1.29, 1.82) is 0 Å². The molecule has 1 atom stereocenters. The lowest BCUT2D eigenvalue weighted by Crippen LogP contribution is -2.26. The summed E-state index contributed by atoms with van der Waals surface area (Å²) in [7, 11) is 0. The van der Waals surface area contributed by atoms with E-state index >= 15 is 0 Å². The number of Topliss-reactive ketones (excluding diaryl/α,β-unsaturated/α-hetero) is 1. The first-order valence-corrected chi connectivity index (χ1v) is 9.01. The number of phenols is 2. The minimum atomic E-state index is -0.123. The van der Waals surface area contributed by atoms with Gasteiger partial charge in [-0.3, -0.25) is 4.79 Å². The van der Waals surface area contributed by atoms with Gasteiger partial charge < -0.3 is 15.5 Å². The number of rotatable bonds is 8. The molecule has 27 heavy (non-hydrogen) atoms. The summed E-state index contributed by atoms with van der Waals surface area (Å²) in [6.45, 7) is 0.645. The van der Waals surface area contributed by atoms with Gasteiger partial charge in [-0.15, -0.1) is 0 Å². The van der Waals surface area contributed by atoms with E-state index < -0.39 is 0 Å². The highest BCUT2D eigenvalue weighted by molar-refractivity contribution is 5.96. The molecule has 4 nitrogen and oxygen atoms in total. The molecule has 0 radical (unpaired) electrons. The molecular weight excluding hydrogens is 338 g/mol. The fraction of sp³-hybridized carbons (Fsp3) is 0.174. The van der Waals surface area contributed by atoms with E-state index in [1.165, 1.54) is 6.07 Å². The highest BCUT2D eigenvalue weighted by Gasteiger charge is 2.16. The van der Waals surface area contributed by atoms with E-state index in [0.29, 0.717) is 24.9 Å². The lowest BCUT2D eigenvalue weighted by molar-refractivity contribution is 0.0968. The van der Waals surface area contributed by atoms with E-state index in [2.05, 4.69) is 5.32 Å². The quantitative estimate of drug-likeness (QED) is 0.414. The van der Waals surface area contributed by atoms with Crippen LogP contribution in [0.5, 0.6) is 11.5 Å². The molecule has 0 spiro atoms. The van der Waals surface area contributed by atoms with Gasteiger partial charge in [0.2, 0.25) is 0 Å². The normalized spacial score (nSPS) is 11.9. The van der Waals surface area contributed by atoms with Crippen molar-refractivity contribution in [3.8, 4) is 11.5 Å². The average molecular weight is 361 g/mol. The average Bonchev–Trinajstić information content (AvgIpc) is 2.71. The molecule has 3 aromatic carbocycles. The van der Waals surface area contributed by atoms with E-state index in [0.717, 1.165) is 11.1 Å². The van der Waals surface area contributed by atoms with E-state index in [-0.39, 0.29) is 23.3 Å². The van der Waals surface area contributed by atoms with Crippen molar-refractivity contribution >= 4 is 5.78 Å². The fourth-order valence-electron chi connectivity index (χ4n) is 3.04. The van der Waals surface area contributed by atoms with Gasteiger partial charge in [-0.25, -0.2) is 0 Å². The Morgan fingerprint density at radius 1 is 0.852 bits per heavy atom. The fourth-order valence-corrected chi connectivity index (χ4v) is 3.04. The van der Waals surface area contributed by atoms with Crippen LogP contribution in [0.1, 0.15) is 33.9 Å². The first kappa shape index (κ1) is 18.7. The van der Waals surface area contributed by atoms with Gasteiger partial charge in [-0.1, -0.05) is 66.7 Å². The second-order valence-electron chi connectivity index (χ2n) is 6.48. The molecule has 138 valence electrons. The number of phenolic OH excluding ortho intramolecular Hbond substituents is 2. The summed E-state index contributed by atoms with van der Waals surface area (Å²) in [6, 6.07) is 24.0. The summed E-state index contributed by atoms with van der Waals surface area (Å²) in [5.74, 6) is -0.145. The molecule has 4 heteroatoms. The summed E-state index contributed by atoms with van der Waals surface area (Å²) in [5.41, 5.74) is 2.69. The second-order valence-corrected chi connectivity index (χ2v) is 6.48. The minimum absolute atomic E-state index is 0.0929. The van der Waals surface area contributed by atoms with Gasteiger partial charge in [-0.05, 0) is 36.2 Å². The molecule has 0 saturated heterocycles. The van der Waals surface area contributed by atoms with Gasteiger partial charge in [0.05, 0.1) is 0 Å². The number of nitrogens with one attached hydrogen (secondary N) is 1. The van der Waals surface area contributed by atoms with E-state index in [4.69, 9.17) is 0 Å². The third-order valence-electron chi connectivity index (χ3n) is 4.53. The van der Waals surface area contributed by atoms with Crippen molar-refractivity contribution in [2.24, 2.45) is 0 Å². The Balaban J connectivity index is 1.67. The van der Waals surface area contributed by atoms with Gasteiger partial charge >= 0.3 is 0 Å². The standard InChI is InChI=1S/C23H23NO3/c25-21-12-11-17(15-23(21)27)13-14-24-20(18-7-3-1-4-8-18)16-22(26)19-9-5-2-6-10-19/h1-12,15,20,24-25,27H,13-14,16H2. The molecule has 3 N–H and O–H groups in total. The number of hydrogen-bond acceptors (Lipinski definition) is 4. The summed E-state index contributed by atoms with van der Waals surface area (Å²) >= 11 is 0. The van der Waals surface area contributed by atoms with Crippen LogP contribution in [0.15, 0.2) is 78.9 Å². The van der Waals surface area contributed by atoms with Crippen molar-refractivity contribution in [3.63, 3.8) is 0 Å². The van der Waals surface area contributed by atoms with Crippen LogP contribution in [0.25, 0.3) is 0 Å². The zero-order valence-electron chi connectivity index (χ0n) is 15.0. The minimum Gasteiger partial charge on any atom is -0.504 e. The SMILES string of the molecule is O=C(CC(NCCc1ccc(O)c(O)c1)c1ccccc1)c1ccccc1. The summed E-state index contributed by atoms with van der Waals surface area (Å²) in [4.78, 5) is 12.6. The Morgan fingerprint density at radius 2 is 1.52 bits per heavy atom. The molecule has 0 aliphatic carbocycles. The van der Waals surface area contributed by atoms with Crippen molar-refractivity contribution in [1.82, 2.24) is 5.32 Å². The Kier molecular flexibility index (Phi) is 6.23. The number of carbonyl (C=O) groups is 1. The zero-order chi connectivity index (χ0) is 19.1. The highest BCUT2D eigenvalue weighted by atomic mass is 16.3. The molecule has 3 rings (SSSR count). The molecule has 0 aliphatic rings. The molecule has 0 aromatic heterocycles. The van der Waals surface area contributed by atoms with Crippen LogP contribution in [0, 0.1) is 0 Å². The maximum atomic E-state index is 12.6. The van der Waals surface area contributed by atoms with Crippen LogP contribution in [0.2, 0.25) is 0 Å². The van der Waals surface area contributed by atoms with Crippen LogP contribution >= 0.6 is 0 Å². The third-order valence-corrected chi connectivity index (χ3v) is 4.53. The maximum absolute atomic E-state index is 12.6. The van der Waals surface area contributed by atoms with Crippen LogP contribution in [-0.4, -0.2) is 22.5 Å². The molecule has 0 saturated carbocycles. The van der Waals surface area contributed by atoms with Crippen LogP contribution in [-0.2, 0) is 6.42 Å². The largest absolute Gasteiger partial charge is 0.504 e. The number of carbonyl (C=O) groups excluding carboxylic acids is 1. The summed E-state index contributed by atoms with van der Waals surface area (Å²) in [5, 5.41) is 22.5. The Hall–Kier alpha value is -3.11. The molecule has 0 bridgehead atoms. The topological polar surface area (TPSA) is 69.6 Å². The van der Waals surface area contributed by atoms with Crippen molar-refractivity contribution < 1.29 is 15.0 Å². The predicted molar refractivity (Wildman–Crippen MR) is 106 cm³/mol. The summed E-state index contributed by atoms with van der Waals surface area (Å²) < 4.78 is 0. The Morgan fingerprint density at radius 3 is 2.19 bits per heavy atom. The van der Waals surface area contributed by atoms with Crippen LogP contribution in [0.3, 0.4) is 0 Å². The van der Waals surface area contributed by atoms with Gasteiger partial charge in [-0.2, -0.15) is 0 Å². The van der Waals surface area contributed by atoms with E-state index in [1.54, 1.807) is 12.1 Å².